The highest BCUT2D eigenvalue weighted by Gasteiger charge is 2.33. The molecule has 2 rings (SSSR count). The van der Waals surface area contributed by atoms with Crippen LogP contribution in [0.4, 0.5) is 0 Å². The molecule has 112 valence electrons. The van der Waals surface area contributed by atoms with E-state index in [1.54, 1.807) is 18.2 Å². The fraction of sp³-hybridized carbons (Fsp3) is 0.571. The Balaban J connectivity index is 1.69. The smallest absolute Gasteiger partial charge is 0.139 e. The van der Waals surface area contributed by atoms with Crippen molar-refractivity contribution in [2.24, 2.45) is 0 Å². The van der Waals surface area contributed by atoms with Gasteiger partial charge < -0.3 is 20.3 Å². The first-order chi connectivity index (χ1) is 9.48. The maximum Gasteiger partial charge on any atom is 0.139 e. The second kappa shape index (κ2) is 6.96. The Hall–Kier alpha value is -0.520. The van der Waals surface area contributed by atoms with Gasteiger partial charge in [-0.3, -0.25) is 0 Å². The Morgan fingerprint density at radius 1 is 1.35 bits per heavy atom. The zero-order chi connectivity index (χ0) is 14.6. The number of rotatable bonds is 7. The predicted molar refractivity (Wildman–Crippen MR) is 79.6 cm³/mol. The largest absolute Gasteiger partial charge is 0.489 e. The number of aliphatic hydroxyl groups is 2. The number of hydrogen-bond donors (Lipinski definition) is 3. The average Bonchev–Trinajstić information content (AvgIpc) is 2.38. The lowest BCUT2D eigenvalue weighted by molar-refractivity contribution is -0.0334. The monoisotopic (exact) mass is 319 g/mol. The molecule has 1 aliphatic carbocycles. The summed E-state index contributed by atoms with van der Waals surface area (Å²) in [7, 11) is 0. The highest BCUT2D eigenvalue weighted by atomic mass is 35.5. The van der Waals surface area contributed by atoms with Crippen LogP contribution >= 0.6 is 23.2 Å². The fourth-order valence-corrected chi connectivity index (χ4v) is 2.40. The number of ether oxygens (including phenoxy) is 1. The molecule has 3 N–H and O–H groups in total. The molecule has 0 aromatic heterocycles. The van der Waals surface area contributed by atoms with Crippen LogP contribution in [0.5, 0.6) is 5.75 Å². The maximum absolute atomic E-state index is 9.89. The maximum atomic E-state index is 9.89. The predicted octanol–water partition coefficient (Wildman–Crippen LogP) is 2.24. The number of halogens is 2. The molecule has 1 aliphatic rings. The Kier molecular flexibility index (Phi) is 5.52. The highest BCUT2D eigenvalue weighted by Crippen LogP contribution is 2.30. The van der Waals surface area contributed by atoms with E-state index in [9.17, 15) is 10.2 Å². The average molecular weight is 320 g/mol. The number of benzene rings is 1. The quantitative estimate of drug-likeness (QED) is 0.721. The summed E-state index contributed by atoms with van der Waals surface area (Å²) in [6.45, 7) is 0.980. The molecule has 0 bridgehead atoms. The van der Waals surface area contributed by atoms with E-state index in [0.717, 1.165) is 19.3 Å². The Bertz CT molecular complexity index is 452. The number of nitrogens with one attached hydrogen (secondary N) is 1. The summed E-state index contributed by atoms with van der Waals surface area (Å²) in [6, 6.07) is 4.94. The molecule has 0 amide bonds. The normalized spacial score (nSPS) is 18.4. The second-order valence-corrected chi connectivity index (χ2v) is 6.09. The second-order valence-electron chi connectivity index (χ2n) is 5.25. The van der Waals surface area contributed by atoms with E-state index in [1.165, 1.54) is 0 Å². The summed E-state index contributed by atoms with van der Waals surface area (Å²) in [5, 5.41) is 23.7. The lowest BCUT2D eigenvalue weighted by atomic mass is 9.80. The molecule has 0 spiro atoms. The third-order valence-electron chi connectivity index (χ3n) is 3.44. The molecule has 0 aliphatic heterocycles. The Morgan fingerprint density at radius 3 is 2.75 bits per heavy atom. The molecule has 1 unspecified atom stereocenters. The minimum atomic E-state index is -0.672. The van der Waals surface area contributed by atoms with Gasteiger partial charge >= 0.3 is 0 Å². The first-order valence-electron chi connectivity index (χ1n) is 6.67. The summed E-state index contributed by atoms with van der Waals surface area (Å²) in [5.74, 6) is 0.454. The molecule has 0 radical (unpaired) electrons. The van der Waals surface area contributed by atoms with E-state index in [-0.39, 0.29) is 6.61 Å². The van der Waals surface area contributed by atoms with Crippen molar-refractivity contribution in [3.63, 3.8) is 0 Å². The summed E-state index contributed by atoms with van der Waals surface area (Å²) in [4.78, 5) is 0. The van der Waals surface area contributed by atoms with Crippen molar-refractivity contribution in [1.29, 1.82) is 0 Å². The van der Waals surface area contributed by atoms with Crippen molar-refractivity contribution in [3.8, 4) is 5.75 Å². The van der Waals surface area contributed by atoms with E-state index >= 15 is 0 Å². The van der Waals surface area contributed by atoms with Gasteiger partial charge in [0.05, 0.1) is 10.6 Å². The Morgan fingerprint density at radius 2 is 2.10 bits per heavy atom. The summed E-state index contributed by atoms with van der Waals surface area (Å²) < 4.78 is 5.43. The van der Waals surface area contributed by atoms with Crippen LogP contribution in [0.1, 0.15) is 19.3 Å². The van der Waals surface area contributed by atoms with Crippen molar-refractivity contribution in [2.75, 3.05) is 19.7 Å². The van der Waals surface area contributed by atoms with Crippen molar-refractivity contribution in [1.82, 2.24) is 5.32 Å². The van der Waals surface area contributed by atoms with Crippen LogP contribution in [0, 0.1) is 0 Å². The van der Waals surface area contributed by atoms with Gasteiger partial charge in [-0.25, -0.2) is 0 Å². The van der Waals surface area contributed by atoms with Gasteiger partial charge in [0.25, 0.3) is 0 Å². The van der Waals surface area contributed by atoms with Gasteiger partial charge in [0.15, 0.2) is 0 Å². The molecule has 1 atom stereocenters. The lowest BCUT2D eigenvalue weighted by Crippen LogP contribution is -2.48. The van der Waals surface area contributed by atoms with Crippen molar-refractivity contribution in [3.05, 3.63) is 28.2 Å². The molecule has 1 aromatic carbocycles. The molecule has 1 saturated carbocycles. The number of hydrogen-bond acceptors (Lipinski definition) is 4. The SMILES string of the molecule is OC(CNCC1(O)CCC1)COc1cc(Cl)ccc1Cl. The minimum absolute atomic E-state index is 0.117. The molecular weight excluding hydrogens is 301 g/mol. The van der Waals surface area contributed by atoms with Crippen LogP contribution < -0.4 is 10.1 Å². The summed E-state index contributed by atoms with van der Waals surface area (Å²) in [6.07, 6.45) is 2.04. The molecule has 20 heavy (non-hydrogen) atoms. The van der Waals surface area contributed by atoms with Gasteiger partial charge in [0, 0.05) is 24.2 Å². The van der Waals surface area contributed by atoms with Gasteiger partial charge in [-0.2, -0.15) is 0 Å². The van der Waals surface area contributed by atoms with Gasteiger partial charge in [0.1, 0.15) is 18.5 Å². The van der Waals surface area contributed by atoms with Crippen LogP contribution in [0.25, 0.3) is 0 Å². The van der Waals surface area contributed by atoms with E-state index in [2.05, 4.69) is 5.32 Å². The van der Waals surface area contributed by atoms with E-state index in [1.807, 2.05) is 0 Å². The topological polar surface area (TPSA) is 61.7 Å². The zero-order valence-electron chi connectivity index (χ0n) is 11.1. The third-order valence-corrected chi connectivity index (χ3v) is 3.99. The zero-order valence-corrected chi connectivity index (χ0v) is 12.6. The first-order valence-corrected chi connectivity index (χ1v) is 7.43. The van der Waals surface area contributed by atoms with Crippen molar-refractivity contribution < 1.29 is 14.9 Å². The lowest BCUT2D eigenvalue weighted by Gasteiger charge is -2.36. The van der Waals surface area contributed by atoms with E-state index in [0.29, 0.717) is 28.9 Å². The van der Waals surface area contributed by atoms with Crippen molar-refractivity contribution >= 4 is 23.2 Å². The molecule has 6 heteroatoms. The molecule has 1 fully saturated rings. The standard InChI is InChI=1S/C14H19Cl2NO3/c15-10-2-3-12(16)13(6-10)20-8-11(18)7-17-9-14(19)4-1-5-14/h2-3,6,11,17-19H,1,4-5,7-9H2. The summed E-state index contributed by atoms with van der Waals surface area (Å²) in [5.41, 5.74) is -0.586. The van der Waals surface area contributed by atoms with Crippen LogP contribution in [0.15, 0.2) is 18.2 Å². The van der Waals surface area contributed by atoms with Crippen LogP contribution in [0.2, 0.25) is 10.0 Å². The van der Waals surface area contributed by atoms with Crippen LogP contribution in [-0.4, -0.2) is 41.6 Å². The van der Waals surface area contributed by atoms with Crippen molar-refractivity contribution in [2.45, 2.75) is 31.0 Å². The van der Waals surface area contributed by atoms with Gasteiger partial charge in [-0.15, -0.1) is 0 Å². The van der Waals surface area contributed by atoms with Crippen LogP contribution in [0.3, 0.4) is 0 Å². The molecule has 4 nitrogen and oxygen atoms in total. The summed E-state index contributed by atoms with van der Waals surface area (Å²) >= 11 is 11.8. The first kappa shape index (κ1) is 15.9. The van der Waals surface area contributed by atoms with Gasteiger partial charge in [-0.05, 0) is 31.4 Å². The van der Waals surface area contributed by atoms with E-state index < -0.39 is 11.7 Å². The fourth-order valence-electron chi connectivity index (χ4n) is 2.07. The molecule has 1 aromatic rings. The van der Waals surface area contributed by atoms with E-state index in [4.69, 9.17) is 27.9 Å². The molecular formula is C14H19Cl2NO3. The number of aliphatic hydroxyl groups excluding tert-OH is 1. The van der Waals surface area contributed by atoms with Crippen LogP contribution in [-0.2, 0) is 0 Å². The molecule has 0 heterocycles. The van der Waals surface area contributed by atoms with Gasteiger partial charge in [0.2, 0.25) is 0 Å². The minimum Gasteiger partial charge on any atom is -0.489 e. The third kappa shape index (κ3) is 4.50. The Labute approximate surface area is 128 Å². The van der Waals surface area contributed by atoms with Gasteiger partial charge in [-0.1, -0.05) is 23.2 Å². The highest BCUT2D eigenvalue weighted by molar-refractivity contribution is 6.34. The molecule has 0 saturated heterocycles.